The summed E-state index contributed by atoms with van der Waals surface area (Å²) in [5.41, 5.74) is 0.718. The Labute approximate surface area is 244 Å². The van der Waals surface area contributed by atoms with Gasteiger partial charge in [0, 0.05) is 4.88 Å². The molecule has 0 aliphatic carbocycles. The normalized spacial score (nSPS) is 27.0. The number of thiophene rings is 1. The average Bonchev–Trinajstić information content (AvgIpc) is 3.63. The number of fused-ring (bicyclic) bond motifs is 2. The smallest absolute Gasteiger partial charge is 0.347 e. The zero-order valence-corrected chi connectivity index (χ0v) is 25.3. The van der Waals surface area contributed by atoms with Crippen LogP contribution in [0.1, 0.15) is 16.9 Å². The van der Waals surface area contributed by atoms with Gasteiger partial charge >= 0.3 is 23.5 Å². The predicted octanol–water partition coefficient (Wildman–Crippen LogP) is 1.53. The first-order valence-electron chi connectivity index (χ1n) is 11.6. The summed E-state index contributed by atoms with van der Waals surface area (Å²) in [6, 6.07) is 3.64. The molecule has 5 heterocycles. The topological polar surface area (TPSA) is 263 Å². The summed E-state index contributed by atoms with van der Waals surface area (Å²) in [7, 11) is -16.8. The van der Waals surface area contributed by atoms with Crippen molar-refractivity contribution in [1.29, 1.82) is 0 Å². The summed E-state index contributed by atoms with van der Waals surface area (Å²) >= 11 is 6.70. The third-order valence-corrected chi connectivity index (χ3v) is 10.7. The number of hydrogen-bond acceptors (Lipinski definition) is 14. The van der Waals surface area contributed by atoms with Gasteiger partial charge in [-0.25, -0.2) is 23.7 Å². The number of imidazole rings is 1. The van der Waals surface area contributed by atoms with E-state index in [9.17, 15) is 28.3 Å². The van der Waals surface area contributed by atoms with E-state index in [0.717, 1.165) is 4.88 Å². The summed E-state index contributed by atoms with van der Waals surface area (Å²) in [6.07, 6.45) is -4.46. The fourth-order valence-corrected chi connectivity index (χ4v) is 8.16. The van der Waals surface area contributed by atoms with Crippen molar-refractivity contribution in [3.63, 3.8) is 0 Å². The van der Waals surface area contributed by atoms with Crippen LogP contribution in [0, 0.1) is 11.6 Å². The highest BCUT2D eigenvalue weighted by Gasteiger charge is 2.56. The number of nitrogens with one attached hydrogen (secondary N) is 2. The Kier molecular flexibility index (Phi) is 9.01. The number of phosphoric acid groups is 3. The monoisotopic (exact) mass is 689 g/mol. The van der Waals surface area contributed by atoms with Crippen LogP contribution in [0.15, 0.2) is 23.8 Å². The highest BCUT2D eigenvalue weighted by Crippen LogP contribution is 2.66. The molecule has 1 amide bonds. The first-order chi connectivity index (χ1) is 19.6. The minimum Gasteiger partial charge on any atom is -0.347 e. The van der Waals surface area contributed by atoms with Crippen molar-refractivity contribution in [2.24, 2.45) is 0 Å². The van der Waals surface area contributed by atoms with Crippen LogP contribution < -0.4 is 5.32 Å². The molecule has 42 heavy (non-hydrogen) atoms. The molecule has 2 fully saturated rings. The van der Waals surface area contributed by atoms with E-state index >= 15 is 0 Å². The van der Waals surface area contributed by atoms with Crippen LogP contribution in [0.3, 0.4) is 0 Å². The molecule has 5 rings (SSSR count). The molecule has 0 aromatic carbocycles. The molecule has 0 bridgehead atoms. The molecule has 19 nitrogen and oxygen atoms in total. The Morgan fingerprint density at radius 1 is 1.17 bits per heavy atom. The second-order valence-corrected chi connectivity index (χ2v) is 14.6. The number of aryl methyl sites for hydroxylation is 1. The number of aromatic amines is 1. The molecule has 3 aromatic rings. The Morgan fingerprint density at radius 2 is 1.90 bits per heavy atom. The molecule has 7 atom stereocenters. The Hall–Kier alpha value is -1.77. The maximum Gasteiger partial charge on any atom is 0.490 e. The maximum atomic E-state index is 12.8. The molecule has 6 N–H and O–H groups in total. The molecule has 2 aliphatic rings. The largest absolute Gasteiger partial charge is 0.490 e. The Bertz CT molecular complexity index is 1680. The van der Waals surface area contributed by atoms with E-state index < -0.39 is 66.8 Å². The lowest BCUT2D eigenvalue weighted by molar-refractivity contribution is -0.171. The van der Waals surface area contributed by atoms with E-state index in [1.165, 1.54) is 22.2 Å². The molecular weight excluding hydrogens is 667 g/mol. The lowest BCUT2D eigenvalue weighted by Crippen LogP contribution is -2.37. The number of H-pyrrole nitrogens is 1. The van der Waals surface area contributed by atoms with Crippen LogP contribution in [-0.2, 0) is 52.4 Å². The van der Waals surface area contributed by atoms with Crippen molar-refractivity contribution in [3.8, 4) is 0 Å². The van der Waals surface area contributed by atoms with Gasteiger partial charge in [0.1, 0.15) is 35.3 Å². The summed E-state index contributed by atoms with van der Waals surface area (Å²) in [5.74, 6) is -0.152. The number of phosphoric ester groups is 1. The van der Waals surface area contributed by atoms with E-state index in [2.05, 4.69) is 28.9 Å². The highest BCUT2D eigenvalue weighted by molar-refractivity contribution is 7.71. The van der Waals surface area contributed by atoms with Crippen LogP contribution >= 0.6 is 47.0 Å². The van der Waals surface area contributed by atoms with Crippen molar-refractivity contribution in [2.45, 2.75) is 44.3 Å². The number of nitrogens with zero attached hydrogens (tertiary/aromatic N) is 3. The molecule has 0 radical (unpaired) electrons. The summed E-state index contributed by atoms with van der Waals surface area (Å²) < 4.78 is 66.5. The third-order valence-electron chi connectivity index (χ3n) is 5.73. The van der Waals surface area contributed by atoms with Crippen LogP contribution in [0.25, 0.3) is 11.2 Å². The lowest BCUT2D eigenvalue weighted by Gasteiger charge is -2.22. The van der Waals surface area contributed by atoms with Gasteiger partial charge in [0.05, 0.1) is 19.5 Å². The molecule has 2 saturated heterocycles. The maximum absolute atomic E-state index is 12.8. The van der Waals surface area contributed by atoms with E-state index in [-0.39, 0.29) is 11.2 Å². The van der Waals surface area contributed by atoms with Gasteiger partial charge in [-0.2, -0.15) is 8.62 Å². The first-order valence-corrected chi connectivity index (χ1v) is 17.4. The Morgan fingerprint density at radius 3 is 2.60 bits per heavy atom. The van der Waals surface area contributed by atoms with Crippen LogP contribution in [0.2, 0.25) is 0 Å². The number of rotatable bonds is 11. The van der Waals surface area contributed by atoms with Crippen LogP contribution in [0.5, 0.6) is 0 Å². The van der Waals surface area contributed by atoms with Gasteiger partial charge < -0.3 is 44.1 Å². The number of carbonyl (C=O) groups is 1. The Balaban J connectivity index is 1.36. The van der Waals surface area contributed by atoms with Crippen molar-refractivity contribution >= 4 is 64.1 Å². The van der Waals surface area contributed by atoms with E-state index in [0.29, 0.717) is 17.0 Å². The molecule has 0 spiro atoms. The lowest BCUT2D eigenvalue weighted by atomic mass is 10.1. The summed E-state index contributed by atoms with van der Waals surface area (Å²) in [5, 5.41) is 4.53. The summed E-state index contributed by atoms with van der Waals surface area (Å²) in [6.45, 7) is 1.04. The standard InChI is InChI=1S/C18H22N5O14P3S2/c1-8-21-14-11(16(41)22-8)20-7-23(14)17-13-12(34-18(35-13)15(24)19-5-9-3-2-4-42-9)10(33-17)6-32-39(28,29)37-40(30,31)36-38(25,26)27/h2-4,7,10,12-13,17-18H,5-6H2,1H3,(H,19,24)(H,28,29)(H,30,31)(H,21,22,41)(H2,25,26,27). The number of amides is 1. The SMILES string of the molecule is Cc1nc(=S)c2ncn(C3OC(COP(=O)(O)OP(=O)(O)OP(=O)(O)O)C4OC(C(=O)NCc5cccs5)OC43)c2[nH]1. The number of aromatic nitrogens is 4. The second kappa shape index (κ2) is 12.0. The van der Waals surface area contributed by atoms with Gasteiger partial charge in [0.15, 0.2) is 10.9 Å². The van der Waals surface area contributed by atoms with E-state index in [1.807, 2.05) is 17.5 Å². The predicted molar refractivity (Wildman–Crippen MR) is 141 cm³/mol. The van der Waals surface area contributed by atoms with Crippen LogP contribution in [0.4, 0.5) is 0 Å². The number of ether oxygens (including phenoxy) is 3. The molecule has 2 aliphatic heterocycles. The van der Waals surface area contributed by atoms with Crippen molar-refractivity contribution in [1.82, 2.24) is 24.8 Å². The molecular formula is C18H22N5O14P3S2. The fraction of sp³-hybridized carbons (Fsp3) is 0.444. The number of carbonyl (C=O) groups excluding carboxylic acids is 1. The zero-order valence-electron chi connectivity index (χ0n) is 21.0. The summed E-state index contributed by atoms with van der Waals surface area (Å²) in [4.78, 5) is 61.9. The van der Waals surface area contributed by atoms with Crippen LogP contribution in [-0.4, -0.2) is 76.2 Å². The van der Waals surface area contributed by atoms with Gasteiger partial charge in [0.2, 0.25) is 6.29 Å². The van der Waals surface area contributed by atoms with Crippen molar-refractivity contribution in [2.75, 3.05) is 6.61 Å². The highest BCUT2D eigenvalue weighted by atomic mass is 32.1. The quantitative estimate of drug-likeness (QED) is 0.123. The van der Waals surface area contributed by atoms with Gasteiger partial charge in [-0.3, -0.25) is 13.9 Å². The van der Waals surface area contributed by atoms with Crippen molar-refractivity contribution < 1.29 is 65.4 Å². The third kappa shape index (κ3) is 7.29. The molecule has 230 valence electrons. The molecule has 0 saturated carbocycles. The molecule has 7 unspecified atom stereocenters. The fourth-order valence-electron chi connectivity index (χ4n) is 4.20. The molecule has 3 aromatic heterocycles. The minimum atomic E-state index is -5.74. The van der Waals surface area contributed by atoms with Gasteiger partial charge in [-0.15, -0.1) is 11.3 Å². The van der Waals surface area contributed by atoms with Gasteiger partial charge in [-0.05, 0) is 18.4 Å². The minimum absolute atomic E-state index is 0.202. The van der Waals surface area contributed by atoms with Gasteiger partial charge in [0.25, 0.3) is 5.91 Å². The number of hydrogen-bond donors (Lipinski definition) is 6. The van der Waals surface area contributed by atoms with Gasteiger partial charge in [-0.1, -0.05) is 18.3 Å². The molecule has 24 heteroatoms. The zero-order chi connectivity index (χ0) is 30.4. The first kappa shape index (κ1) is 31.6. The second-order valence-electron chi connectivity index (χ2n) is 8.76. The van der Waals surface area contributed by atoms with E-state index in [4.69, 9.17) is 40.7 Å². The van der Waals surface area contributed by atoms with Crippen molar-refractivity contribution in [3.05, 3.63) is 39.2 Å². The average molecular weight is 689 g/mol. The van der Waals surface area contributed by atoms with E-state index in [1.54, 1.807) is 6.92 Å².